The van der Waals surface area contributed by atoms with Gasteiger partial charge in [-0.05, 0) is 137 Å². The van der Waals surface area contributed by atoms with E-state index in [0.717, 1.165) is 49.7 Å². The molecule has 8 rings (SSSR count). The van der Waals surface area contributed by atoms with Gasteiger partial charge in [-0.25, -0.2) is 19.2 Å². The molecule has 1 heterocycles. The van der Waals surface area contributed by atoms with Gasteiger partial charge in [0.25, 0.3) is 0 Å². The van der Waals surface area contributed by atoms with E-state index in [1.165, 1.54) is 20.0 Å². The number of carbonyl (C=O) groups is 5. The van der Waals surface area contributed by atoms with Crippen LogP contribution in [0.15, 0.2) is 36.4 Å². The van der Waals surface area contributed by atoms with Crippen molar-refractivity contribution in [3.63, 3.8) is 0 Å². The van der Waals surface area contributed by atoms with Gasteiger partial charge in [0.15, 0.2) is 29.0 Å². The lowest BCUT2D eigenvalue weighted by molar-refractivity contribution is -0.150. The maximum Gasteiger partial charge on any atom is 0.413 e. The first kappa shape index (κ1) is 50.4. The predicted molar refractivity (Wildman–Crippen MR) is 248 cm³/mol. The third-order valence-corrected chi connectivity index (χ3v) is 14.2. The van der Waals surface area contributed by atoms with Crippen LogP contribution in [0.4, 0.5) is 14.4 Å². The predicted octanol–water partition coefficient (Wildman–Crippen LogP) is 7.61. The molecule has 2 aromatic rings. The smallest absolute Gasteiger partial charge is 0.413 e. The molecule has 1 saturated heterocycles. The van der Waals surface area contributed by atoms with Gasteiger partial charge in [0.1, 0.15) is 18.8 Å². The first-order chi connectivity index (χ1) is 32.3. The fraction of sp³-hybridized carbons (Fsp3) is 0.667. The van der Waals surface area contributed by atoms with E-state index in [4.69, 9.17) is 42.6 Å². The highest BCUT2D eigenvalue weighted by molar-refractivity contribution is 5.82. The summed E-state index contributed by atoms with van der Waals surface area (Å²) >= 11 is 0. The maximum absolute atomic E-state index is 13.4. The average molecular weight is 950 g/mol. The van der Waals surface area contributed by atoms with E-state index in [-0.39, 0.29) is 59.2 Å². The SMILES string of the molecule is COc1ccc(C[C@H]2COC(=O)[C@@H]2Cc2ccc(OC(=O)N[C@H]3CCCC[C@@H]3OCCOC(=O)[C@H](COC(=O)NC34CC5CC(C)(CC(C)(C5)C3)C4)NC(=O)OC(C)(C)C)c(OC)c2)cc1OC. The molecule has 6 aliphatic rings. The number of amides is 3. The van der Waals surface area contributed by atoms with Crippen LogP contribution < -0.4 is 34.9 Å². The van der Waals surface area contributed by atoms with Crippen molar-refractivity contribution in [1.82, 2.24) is 16.0 Å². The summed E-state index contributed by atoms with van der Waals surface area (Å²) in [5.41, 5.74) is 0.963. The van der Waals surface area contributed by atoms with E-state index in [1.807, 2.05) is 18.2 Å². The molecule has 374 valence electrons. The second kappa shape index (κ2) is 21.0. The molecule has 6 fully saturated rings. The van der Waals surface area contributed by atoms with Crippen molar-refractivity contribution >= 4 is 30.2 Å². The van der Waals surface area contributed by atoms with Gasteiger partial charge in [-0.2, -0.15) is 0 Å². The van der Waals surface area contributed by atoms with Gasteiger partial charge >= 0.3 is 30.2 Å². The van der Waals surface area contributed by atoms with Gasteiger partial charge in [0.05, 0.1) is 52.6 Å². The van der Waals surface area contributed by atoms with Crippen LogP contribution in [-0.2, 0) is 46.1 Å². The number of methoxy groups -OCH3 is 3. The summed E-state index contributed by atoms with van der Waals surface area (Å²) in [6.07, 6.45) is 7.63. The summed E-state index contributed by atoms with van der Waals surface area (Å²) < 4.78 is 50.4. The summed E-state index contributed by atoms with van der Waals surface area (Å²) in [4.78, 5) is 65.7. The van der Waals surface area contributed by atoms with Gasteiger partial charge in [0, 0.05) is 11.5 Å². The Bertz CT molecular complexity index is 2140. The second-order valence-corrected chi connectivity index (χ2v) is 21.4. The Morgan fingerprint density at radius 3 is 2.07 bits per heavy atom. The summed E-state index contributed by atoms with van der Waals surface area (Å²) in [5.74, 6) is 0.794. The van der Waals surface area contributed by atoms with Crippen molar-refractivity contribution in [2.75, 3.05) is 47.8 Å². The van der Waals surface area contributed by atoms with Crippen molar-refractivity contribution in [3.8, 4) is 23.0 Å². The Morgan fingerprint density at radius 2 is 1.41 bits per heavy atom. The fourth-order valence-corrected chi connectivity index (χ4v) is 12.3. The topological polar surface area (TPSA) is 205 Å². The largest absolute Gasteiger partial charge is 0.493 e. The number of carbonyl (C=O) groups excluding carboxylic acids is 5. The fourth-order valence-electron chi connectivity index (χ4n) is 12.3. The van der Waals surface area contributed by atoms with Gasteiger partial charge in [0.2, 0.25) is 0 Å². The third-order valence-electron chi connectivity index (χ3n) is 14.2. The Balaban J connectivity index is 0.886. The number of hydrogen-bond acceptors (Lipinski definition) is 14. The van der Waals surface area contributed by atoms with Crippen LogP contribution in [-0.4, -0.2) is 107 Å². The normalized spacial score (nSPS) is 28.6. The van der Waals surface area contributed by atoms with Crippen LogP contribution in [0.5, 0.6) is 23.0 Å². The lowest BCUT2D eigenvalue weighted by Gasteiger charge is -2.65. The van der Waals surface area contributed by atoms with Crippen molar-refractivity contribution < 1.29 is 66.6 Å². The Labute approximate surface area is 399 Å². The van der Waals surface area contributed by atoms with Crippen molar-refractivity contribution in [1.29, 1.82) is 0 Å². The number of hydrogen-bond donors (Lipinski definition) is 3. The second-order valence-electron chi connectivity index (χ2n) is 21.4. The summed E-state index contributed by atoms with van der Waals surface area (Å²) in [5, 5.41) is 8.61. The monoisotopic (exact) mass is 949 g/mol. The minimum absolute atomic E-state index is 0.00429. The molecule has 5 aliphatic carbocycles. The summed E-state index contributed by atoms with van der Waals surface area (Å²) in [7, 11) is 4.65. The highest BCUT2D eigenvalue weighted by Gasteiger charge is 2.60. The molecular formula is C51H71N3O14. The number of nitrogens with one attached hydrogen (secondary N) is 3. The molecule has 17 nitrogen and oxygen atoms in total. The summed E-state index contributed by atoms with van der Waals surface area (Å²) in [6.45, 7) is 9.42. The zero-order valence-corrected chi connectivity index (χ0v) is 41.0. The summed E-state index contributed by atoms with van der Waals surface area (Å²) in [6, 6.07) is 9.19. The van der Waals surface area contributed by atoms with Crippen LogP contribution in [0.25, 0.3) is 0 Å². The number of esters is 2. The highest BCUT2D eigenvalue weighted by Crippen LogP contribution is 2.66. The molecule has 0 radical (unpaired) electrons. The lowest BCUT2D eigenvalue weighted by Crippen LogP contribution is -2.65. The van der Waals surface area contributed by atoms with Gasteiger partial charge < -0.3 is 58.6 Å². The van der Waals surface area contributed by atoms with E-state index in [9.17, 15) is 24.0 Å². The van der Waals surface area contributed by atoms with Crippen molar-refractivity contribution in [2.24, 2.45) is 28.6 Å². The van der Waals surface area contributed by atoms with Gasteiger partial charge in [-0.1, -0.05) is 38.8 Å². The van der Waals surface area contributed by atoms with Crippen molar-refractivity contribution in [2.45, 2.75) is 141 Å². The standard InChI is InChI=1S/C51H71N3O14/c1-48(2,3)68-46(58)53-37(27-66-47(59)54-51-25-33-23-49(4,29-51)28-50(5,24-33)30-51)44(56)64-18-17-63-38-12-10-9-11-36(38)52-45(57)67-40-16-14-32(22-42(40)62-8)20-35-34(26-65-43(35)55)19-31-13-15-39(60-6)41(21-31)61-7/h13-16,21-22,33-38H,9-12,17-20,23-30H2,1-8H3,(H,52,57)(H,53,58)(H,54,59)/t33?,34-,35+,36-,37-,38-,49?,50?,51?/m0/s1. The van der Waals surface area contributed by atoms with E-state index in [2.05, 4.69) is 29.8 Å². The Hall–Kier alpha value is -5.45. The molecular weight excluding hydrogens is 879 g/mol. The van der Waals surface area contributed by atoms with E-state index in [1.54, 1.807) is 53.2 Å². The Morgan fingerprint density at radius 1 is 0.765 bits per heavy atom. The first-order valence-corrected chi connectivity index (χ1v) is 24.0. The highest BCUT2D eigenvalue weighted by atomic mass is 16.6. The number of cyclic esters (lactones) is 1. The van der Waals surface area contributed by atoms with Gasteiger partial charge in [-0.15, -0.1) is 0 Å². The number of benzene rings is 2. The van der Waals surface area contributed by atoms with Crippen molar-refractivity contribution in [3.05, 3.63) is 47.5 Å². The molecule has 2 unspecified atom stereocenters. The van der Waals surface area contributed by atoms with E-state index in [0.29, 0.717) is 55.5 Å². The molecule has 3 N–H and O–H groups in total. The molecule has 4 bridgehead atoms. The average Bonchev–Trinajstić information content (AvgIpc) is 3.59. The molecule has 7 atom stereocenters. The van der Waals surface area contributed by atoms with Crippen LogP contribution in [0.1, 0.15) is 110 Å². The molecule has 0 aromatic heterocycles. The van der Waals surface area contributed by atoms with E-state index >= 15 is 0 Å². The van der Waals surface area contributed by atoms with E-state index < -0.39 is 48.6 Å². The zero-order chi connectivity index (χ0) is 48.9. The molecule has 3 amide bonds. The number of rotatable bonds is 18. The molecule has 17 heteroatoms. The zero-order valence-electron chi connectivity index (χ0n) is 41.0. The lowest BCUT2D eigenvalue weighted by atomic mass is 9.43. The van der Waals surface area contributed by atoms with Crippen LogP contribution >= 0.6 is 0 Å². The Kier molecular flexibility index (Phi) is 15.6. The molecule has 68 heavy (non-hydrogen) atoms. The maximum atomic E-state index is 13.4. The number of ether oxygens (including phenoxy) is 9. The van der Waals surface area contributed by atoms with Crippen LogP contribution in [0.2, 0.25) is 0 Å². The third kappa shape index (κ3) is 12.8. The molecule has 5 saturated carbocycles. The van der Waals surface area contributed by atoms with Crippen LogP contribution in [0, 0.1) is 28.6 Å². The minimum Gasteiger partial charge on any atom is -0.493 e. The quantitative estimate of drug-likeness (QED) is 0.0748. The molecule has 2 aromatic carbocycles. The molecule has 1 aliphatic heterocycles. The first-order valence-electron chi connectivity index (χ1n) is 24.0. The number of alkyl carbamates (subject to hydrolysis) is 2. The minimum atomic E-state index is -1.33. The molecule has 0 spiro atoms. The van der Waals surface area contributed by atoms with Gasteiger partial charge in [-0.3, -0.25) is 4.79 Å². The van der Waals surface area contributed by atoms with Crippen LogP contribution in [0.3, 0.4) is 0 Å².